The Labute approximate surface area is 184 Å². The van der Waals surface area contributed by atoms with E-state index in [-0.39, 0.29) is 29.8 Å². The van der Waals surface area contributed by atoms with Crippen LogP contribution in [0, 0.1) is 11.7 Å². The van der Waals surface area contributed by atoms with Gasteiger partial charge >= 0.3 is 5.97 Å². The van der Waals surface area contributed by atoms with Crippen molar-refractivity contribution in [2.75, 3.05) is 25.5 Å². The maximum atomic E-state index is 13.1. The van der Waals surface area contributed by atoms with Crippen LogP contribution in [0.5, 0.6) is 0 Å². The van der Waals surface area contributed by atoms with Crippen molar-refractivity contribution in [3.8, 4) is 0 Å². The van der Waals surface area contributed by atoms with Gasteiger partial charge in [0.1, 0.15) is 10.8 Å². The number of halogens is 1. The number of anilines is 1. The fraction of sp³-hybridized carbons (Fsp3) is 0.429. The smallest absolute Gasteiger partial charge is 0.341 e. The van der Waals surface area contributed by atoms with Gasteiger partial charge in [0, 0.05) is 23.9 Å². The number of benzene rings is 1. The van der Waals surface area contributed by atoms with Crippen LogP contribution in [0.1, 0.15) is 40.1 Å². The number of nitrogens with one attached hydrogen (secondary N) is 1. The fourth-order valence-corrected chi connectivity index (χ4v) is 6.89. The number of fused-ring (bicyclic) bond motifs is 1. The standard InChI is InChI=1S/C21H23FN2O5S2/c1-29-21(26)18-16-3-2-4-17(16)30-20(18)23-19(25)13-9-11-24(12-10-13)31(27,28)15-7-5-14(22)6-8-15/h5-8,13H,2-4,9-12H2,1H3,(H,23,25). The average molecular weight is 467 g/mol. The highest BCUT2D eigenvalue weighted by Gasteiger charge is 2.34. The number of carbonyl (C=O) groups is 2. The van der Waals surface area contributed by atoms with Gasteiger partial charge in [0.05, 0.1) is 17.6 Å². The van der Waals surface area contributed by atoms with Gasteiger partial charge in [-0.25, -0.2) is 17.6 Å². The number of piperidine rings is 1. The van der Waals surface area contributed by atoms with Crippen molar-refractivity contribution in [2.24, 2.45) is 5.92 Å². The molecule has 7 nitrogen and oxygen atoms in total. The van der Waals surface area contributed by atoms with E-state index in [0.717, 1.165) is 41.8 Å². The molecule has 0 bridgehead atoms. The zero-order valence-electron chi connectivity index (χ0n) is 17.0. The van der Waals surface area contributed by atoms with E-state index in [4.69, 9.17) is 4.74 Å². The predicted octanol–water partition coefficient (Wildman–Crippen LogP) is 3.20. The number of methoxy groups -OCH3 is 1. The molecule has 0 spiro atoms. The first-order valence-corrected chi connectivity index (χ1v) is 12.4. The van der Waals surface area contributed by atoms with Gasteiger partial charge in [-0.2, -0.15) is 4.31 Å². The summed E-state index contributed by atoms with van der Waals surface area (Å²) in [5.41, 5.74) is 1.41. The van der Waals surface area contributed by atoms with E-state index in [9.17, 15) is 22.4 Å². The quantitative estimate of drug-likeness (QED) is 0.683. The van der Waals surface area contributed by atoms with Crippen molar-refractivity contribution in [1.82, 2.24) is 4.31 Å². The van der Waals surface area contributed by atoms with E-state index in [0.29, 0.717) is 23.4 Å². The zero-order chi connectivity index (χ0) is 22.2. The second-order valence-electron chi connectivity index (χ2n) is 7.67. The molecule has 4 rings (SSSR count). The molecule has 1 aliphatic carbocycles. The molecule has 1 aromatic heterocycles. The largest absolute Gasteiger partial charge is 0.465 e. The third-order valence-electron chi connectivity index (χ3n) is 5.82. The van der Waals surface area contributed by atoms with Crippen molar-refractivity contribution in [2.45, 2.75) is 37.0 Å². The SMILES string of the molecule is COC(=O)c1c(NC(=O)C2CCN(S(=O)(=O)c3ccc(F)cc3)CC2)sc2c1CCC2. The molecule has 1 amide bonds. The number of hydrogen-bond donors (Lipinski definition) is 1. The Morgan fingerprint density at radius 2 is 1.84 bits per heavy atom. The summed E-state index contributed by atoms with van der Waals surface area (Å²) >= 11 is 1.42. The molecule has 10 heteroatoms. The van der Waals surface area contributed by atoms with Crippen molar-refractivity contribution in [3.63, 3.8) is 0 Å². The molecule has 2 aliphatic rings. The summed E-state index contributed by atoms with van der Waals surface area (Å²) in [7, 11) is -2.41. The van der Waals surface area contributed by atoms with Gasteiger partial charge in [0.25, 0.3) is 0 Å². The summed E-state index contributed by atoms with van der Waals surface area (Å²) in [5, 5.41) is 3.40. The number of nitrogens with zero attached hydrogens (tertiary/aromatic N) is 1. The van der Waals surface area contributed by atoms with Crippen LogP contribution >= 0.6 is 11.3 Å². The molecular formula is C21H23FN2O5S2. The first-order chi connectivity index (χ1) is 14.8. The molecule has 1 saturated heterocycles. The number of ether oxygens (including phenoxy) is 1. The van der Waals surface area contributed by atoms with Crippen molar-refractivity contribution >= 4 is 38.2 Å². The molecule has 166 valence electrons. The molecule has 1 N–H and O–H groups in total. The highest BCUT2D eigenvalue weighted by Crippen LogP contribution is 2.40. The second kappa shape index (κ2) is 8.68. The number of amides is 1. The Morgan fingerprint density at radius 1 is 1.16 bits per heavy atom. The Bertz CT molecular complexity index is 1100. The maximum absolute atomic E-state index is 13.1. The van der Waals surface area contributed by atoms with Gasteiger partial charge in [-0.1, -0.05) is 0 Å². The highest BCUT2D eigenvalue weighted by atomic mass is 32.2. The van der Waals surface area contributed by atoms with E-state index in [2.05, 4.69) is 5.32 Å². The first-order valence-electron chi connectivity index (χ1n) is 10.1. The van der Waals surface area contributed by atoms with Crippen molar-refractivity contribution in [1.29, 1.82) is 0 Å². The number of aryl methyl sites for hydroxylation is 1. The Hall–Kier alpha value is -2.30. The van der Waals surface area contributed by atoms with Crippen LogP contribution in [0.2, 0.25) is 0 Å². The molecule has 0 saturated carbocycles. The molecule has 2 aromatic rings. The number of esters is 1. The van der Waals surface area contributed by atoms with Gasteiger partial charge < -0.3 is 10.1 Å². The highest BCUT2D eigenvalue weighted by molar-refractivity contribution is 7.89. The number of hydrogen-bond acceptors (Lipinski definition) is 6. The van der Waals surface area contributed by atoms with Crippen LogP contribution in [0.25, 0.3) is 0 Å². The summed E-state index contributed by atoms with van der Waals surface area (Å²) < 4.78 is 44.8. The molecule has 2 heterocycles. The molecule has 0 unspecified atom stereocenters. The lowest BCUT2D eigenvalue weighted by molar-refractivity contribution is -0.120. The number of rotatable bonds is 5. The predicted molar refractivity (Wildman–Crippen MR) is 114 cm³/mol. The number of sulfonamides is 1. The maximum Gasteiger partial charge on any atom is 0.341 e. The van der Waals surface area contributed by atoms with E-state index in [1.807, 2.05) is 0 Å². The summed E-state index contributed by atoms with van der Waals surface area (Å²) in [5.74, 6) is -1.53. The summed E-state index contributed by atoms with van der Waals surface area (Å²) in [6.45, 7) is 0.394. The lowest BCUT2D eigenvalue weighted by atomic mass is 9.97. The Kier molecular flexibility index (Phi) is 6.14. The van der Waals surface area contributed by atoms with E-state index >= 15 is 0 Å². The third-order valence-corrected chi connectivity index (χ3v) is 8.94. The summed E-state index contributed by atoms with van der Waals surface area (Å²) in [6.07, 6.45) is 3.40. The van der Waals surface area contributed by atoms with Crippen molar-refractivity contribution < 1.29 is 27.1 Å². The third kappa shape index (κ3) is 4.24. The van der Waals surface area contributed by atoms with Crippen LogP contribution in [0.4, 0.5) is 9.39 Å². The van der Waals surface area contributed by atoms with Gasteiger partial charge in [0.15, 0.2) is 0 Å². The monoisotopic (exact) mass is 466 g/mol. The lowest BCUT2D eigenvalue weighted by Gasteiger charge is -2.30. The minimum atomic E-state index is -3.73. The normalized spacial score (nSPS) is 17.4. The van der Waals surface area contributed by atoms with Crippen LogP contribution in [0.15, 0.2) is 29.2 Å². The molecule has 0 atom stereocenters. The molecule has 1 aromatic carbocycles. The molecule has 31 heavy (non-hydrogen) atoms. The van der Waals surface area contributed by atoms with Crippen LogP contribution in [0.3, 0.4) is 0 Å². The van der Waals surface area contributed by atoms with E-state index in [1.165, 1.54) is 34.9 Å². The summed E-state index contributed by atoms with van der Waals surface area (Å²) in [6, 6.07) is 4.72. The Balaban J connectivity index is 1.43. The fourth-order valence-electron chi connectivity index (χ4n) is 4.14. The van der Waals surface area contributed by atoms with Gasteiger partial charge in [-0.3, -0.25) is 4.79 Å². The number of carbonyl (C=O) groups excluding carboxylic acids is 2. The Morgan fingerprint density at radius 3 is 2.48 bits per heavy atom. The summed E-state index contributed by atoms with van der Waals surface area (Å²) in [4.78, 5) is 26.3. The van der Waals surface area contributed by atoms with Gasteiger partial charge in [-0.05, 0) is 61.9 Å². The van der Waals surface area contributed by atoms with Gasteiger partial charge in [0.2, 0.25) is 15.9 Å². The molecular weight excluding hydrogens is 443 g/mol. The zero-order valence-corrected chi connectivity index (χ0v) is 18.7. The lowest BCUT2D eigenvalue weighted by Crippen LogP contribution is -2.41. The average Bonchev–Trinajstić information content (AvgIpc) is 3.34. The first kappa shape index (κ1) is 21.9. The number of thiophene rings is 1. The molecule has 0 radical (unpaired) electrons. The van der Waals surface area contributed by atoms with Crippen molar-refractivity contribution in [3.05, 3.63) is 46.1 Å². The van der Waals surface area contributed by atoms with Crippen LogP contribution in [-0.4, -0.2) is 44.8 Å². The minimum Gasteiger partial charge on any atom is -0.465 e. The van der Waals surface area contributed by atoms with E-state index < -0.39 is 21.8 Å². The topological polar surface area (TPSA) is 92.8 Å². The minimum absolute atomic E-state index is 0.0348. The van der Waals surface area contributed by atoms with E-state index in [1.54, 1.807) is 0 Å². The molecule has 1 aliphatic heterocycles. The van der Waals surface area contributed by atoms with Crippen LogP contribution < -0.4 is 5.32 Å². The van der Waals surface area contributed by atoms with Gasteiger partial charge in [-0.15, -0.1) is 11.3 Å². The second-order valence-corrected chi connectivity index (χ2v) is 10.7. The molecule has 1 fully saturated rings. The van der Waals surface area contributed by atoms with Crippen LogP contribution in [-0.2, 0) is 32.4 Å².